The average molecular weight is 170 g/mol. The predicted molar refractivity (Wildman–Crippen MR) is 45.8 cm³/mol. The molecular weight excluding hydrogens is 156 g/mol. The Hall–Kier alpha value is -0.960. The highest BCUT2D eigenvalue weighted by molar-refractivity contribution is 5.28. The zero-order chi connectivity index (χ0) is 9.19. The fourth-order valence-electron chi connectivity index (χ4n) is 1.12. The molecule has 3 heteroatoms. The largest absolute Gasteiger partial charge is 0.504 e. The summed E-state index contributed by atoms with van der Waals surface area (Å²) in [5.41, 5.74) is -0.350. The first-order valence-corrected chi connectivity index (χ1v) is 3.83. The molecule has 0 aromatic rings. The van der Waals surface area contributed by atoms with Gasteiger partial charge >= 0.3 is 0 Å². The summed E-state index contributed by atoms with van der Waals surface area (Å²) in [4.78, 5) is 0. The van der Waals surface area contributed by atoms with Crippen LogP contribution >= 0.6 is 0 Å². The molecule has 1 aliphatic rings. The van der Waals surface area contributed by atoms with E-state index in [4.69, 9.17) is 9.47 Å². The van der Waals surface area contributed by atoms with Gasteiger partial charge in [0.05, 0.1) is 12.7 Å². The summed E-state index contributed by atoms with van der Waals surface area (Å²) in [6, 6.07) is 0. The van der Waals surface area contributed by atoms with Gasteiger partial charge in [0.15, 0.2) is 11.5 Å². The zero-order valence-electron chi connectivity index (χ0n) is 7.63. The summed E-state index contributed by atoms with van der Waals surface area (Å²) in [5.74, 6) is 0.664. The fraction of sp³-hybridized carbons (Fsp3) is 0.556. The second-order valence-electron chi connectivity index (χ2n) is 3.02. The van der Waals surface area contributed by atoms with Crippen molar-refractivity contribution in [1.29, 1.82) is 0 Å². The van der Waals surface area contributed by atoms with Crippen LogP contribution in [-0.4, -0.2) is 24.9 Å². The van der Waals surface area contributed by atoms with Gasteiger partial charge in [0.1, 0.15) is 0 Å². The lowest BCUT2D eigenvalue weighted by atomic mass is 9.96. The normalized spacial score (nSPS) is 29.2. The first-order chi connectivity index (χ1) is 5.61. The van der Waals surface area contributed by atoms with Gasteiger partial charge in [0.2, 0.25) is 0 Å². The van der Waals surface area contributed by atoms with Crippen molar-refractivity contribution in [1.82, 2.24) is 0 Å². The van der Waals surface area contributed by atoms with E-state index in [0.29, 0.717) is 12.2 Å². The Morgan fingerprint density at radius 2 is 2.17 bits per heavy atom. The molecule has 1 atom stereocenters. The Morgan fingerprint density at radius 3 is 2.67 bits per heavy atom. The van der Waals surface area contributed by atoms with Crippen LogP contribution in [0.15, 0.2) is 23.7 Å². The Labute approximate surface area is 72.3 Å². The van der Waals surface area contributed by atoms with Crippen molar-refractivity contribution in [3.8, 4) is 0 Å². The maximum absolute atomic E-state index is 9.31. The number of ether oxygens (including phenoxy) is 2. The molecule has 0 bridgehead atoms. The van der Waals surface area contributed by atoms with Gasteiger partial charge in [-0.25, -0.2) is 0 Å². The molecule has 1 rings (SSSR count). The van der Waals surface area contributed by atoms with Gasteiger partial charge in [-0.05, 0) is 19.1 Å². The minimum Gasteiger partial charge on any atom is -0.504 e. The summed E-state index contributed by atoms with van der Waals surface area (Å²) < 4.78 is 10.2. The van der Waals surface area contributed by atoms with Crippen LogP contribution in [-0.2, 0) is 9.47 Å². The number of aliphatic hydroxyl groups is 1. The number of rotatable bonds is 2. The zero-order valence-corrected chi connectivity index (χ0v) is 7.63. The Bertz CT molecular complexity index is 230. The standard InChI is InChI=1S/C9H14O3/c1-9(12-3)5-4-7(10)8(6-9)11-2/h4,6,10H,5H2,1-3H3. The van der Waals surface area contributed by atoms with Crippen LogP contribution in [0.25, 0.3) is 0 Å². The molecule has 3 nitrogen and oxygen atoms in total. The Morgan fingerprint density at radius 1 is 1.50 bits per heavy atom. The van der Waals surface area contributed by atoms with Gasteiger partial charge in [0, 0.05) is 13.5 Å². The SMILES string of the molecule is COC1=CC(C)(OC)CC=C1O. The van der Waals surface area contributed by atoms with E-state index in [9.17, 15) is 5.11 Å². The predicted octanol–water partition coefficient (Wildman–Crippen LogP) is 1.77. The van der Waals surface area contributed by atoms with Crippen molar-refractivity contribution >= 4 is 0 Å². The maximum Gasteiger partial charge on any atom is 0.159 e. The van der Waals surface area contributed by atoms with Gasteiger partial charge in [-0.15, -0.1) is 0 Å². The van der Waals surface area contributed by atoms with Crippen molar-refractivity contribution in [3.63, 3.8) is 0 Å². The Balaban J connectivity index is 2.87. The lowest BCUT2D eigenvalue weighted by Gasteiger charge is -2.27. The molecule has 0 saturated heterocycles. The Kier molecular flexibility index (Phi) is 2.43. The summed E-state index contributed by atoms with van der Waals surface area (Å²) in [6.07, 6.45) is 4.15. The lowest BCUT2D eigenvalue weighted by molar-refractivity contribution is 0.0431. The first-order valence-electron chi connectivity index (χ1n) is 3.83. The van der Waals surface area contributed by atoms with Crippen LogP contribution in [0.2, 0.25) is 0 Å². The highest BCUT2D eigenvalue weighted by Crippen LogP contribution is 2.27. The van der Waals surface area contributed by atoms with Gasteiger partial charge in [-0.1, -0.05) is 0 Å². The van der Waals surface area contributed by atoms with Gasteiger partial charge in [-0.3, -0.25) is 0 Å². The minimum absolute atomic E-state index is 0.187. The average Bonchev–Trinajstić information content (AvgIpc) is 2.10. The van der Waals surface area contributed by atoms with E-state index in [-0.39, 0.29) is 11.4 Å². The summed E-state index contributed by atoms with van der Waals surface area (Å²) in [6.45, 7) is 1.94. The second kappa shape index (κ2) is 3.19. The number of hydrogen-bond acceptors (Lipinski definition) is 3. The van der Waals surface area contributed by atoms with E-state index in [0.717, 1.165) is 0 Å². The van der Waals surface area contributed by atoms with Crippen LogP contribution in [0.3, 0.4) is 0 Å². The highest BCUT2D eigenvalue weighted by Gasteiger charge is 2.26. The van der Waals surface area contributed by atoms with E-state index >= 15 is 0 Å². The van der Waals surface area contributed by atoms with Crippen molar-refractivity contribution < 1.29 is 14.6 Å². The van der Waals surface area contributed by atoms with Crippen LogP contribution in [0.5, 0.6) is 0 Å². The van der Waals surface area contributed by atoms with E-state index < -0.39 is 0 Å². The monoisotopic (exact) mass is 170 g/mol. The molecule has 0 fully saturated rings. The van der Waals surface area contributed by atoms with Crippen molar-refractivity contribution in [3.05, 3.63) is 23.7 Å². The molecule has 0 heterocycles. The summed E-state index contributed by atoms with van der Waals surface area (Å²) >= 11 is 0. The molecule has 0 aromatic carbocycles. The molecule has 0 radical (unpaired) electrons. The molecular formula is C9H14O3. The fourth-order valence-corrected chi connectivity index (χ4v) is 1.12. The van der Waals surface area contributed by atoms with Crippen molar-refractivity contribution in [2.24, 2.45) is 0 Å². The number of aliphatic hydroxyl groups excluding tert-OH is 1. The maximum atomic E-state index is 9.31. The topological polar surface area (TPSA) is 38.7 Å². The van der Waals surface area contributed by atoms with Gasteiger partial charge in [0.25, 0.3) is 0 Å². The molecule has 0 aromatic heterocycles. The minimum atomic E-state index is -0.350. The summed E-state index contributed by atoms with van der Waals surface area (Å²) in [7, 11) is 3.16. The van der Waals surface area contributed by atoms with E-state index in [1.807, 2.05) is 6.92 Å². The number of methoxy groups -OCH3 is 2. The molecule has 1 unspecified atom stereocenters. The first kappa shape index (κ1) is 9.13. The van der Waals surface area contributed by atoms with E-state index in [2.05, 4.69) is 0 Å². The van der Waals surface area contributed by atoms with E-state index in [1.165, 1.54) is 7.11 Å². The third-order valence-corrected chi connectivity index (χ3v) is 2.08. The van der Waals surface area contributed by atoms with Crippen molar-refractivity contribution in [2.75, 3.05) is 14.2 Å². The van der Waals surface area contributed by atoms with Crippen LogP contribution in [0.1, 0.15) is 13.3 Å². The number of hydrogen-bond donors (Lipinski definition) is 1. The molecule has 1 N–H and O–H groups in total. The second-order valence-corrected chi connectivity index (χ2v) is 3.02. The molecule has 0 amide bonds. The van der Waals surface area contributed by atoms with Crippen molar-refractivity contribution in [2.45, 2.75) is 18.9 Å². The van der Waals surface area contributed by atoms with Crippen LogP contribution in [0, 0.1) is 0 Å². The van der Waals surface area contributed by atoms with E-state index in [1.54, 1.807) is 19.3 Å². The smallest absolute Gasteiger partial charge is 0.159 e. The molecule has 0 spiro atoms. The molecule has 12 heavy (non-hydrogen) atoms. The van der Waals surface area contributed by atoms with Gasteiger partial charge in [-0.2, -0.15) is 0 Å². The van der Waals surface area contributed by atoms with Crippen LogP contribution in [0.4, 0.5) is 0 Å². The van der Waals surface area contributed by atoms with Crippen LogP contribution < -0.4 is 0 Å². The highest BCUT2D eigenvalue weighted by atomic mass is 16.5. The molecule has 1 aliphatic carbocycles. The third kappa shape index (κ3) is 1.61. The summed E-state index contributed by atoms with van der Waals surface area (Å²) in [5, 5.41) is 9.31. The third-order valence-electron chi connectivity index (χ3n) is 2.08. The van der Waals surface area contributed by atoms with Gasteiger partial charge < -0.3 is 14.6 Å². The molecule has 0 aliphatic heterocycles. The molecule has 0 saturated carbocycles. The lowest BCUT2D eigenvalue weighted by Crippen LogP contribution is -2.27. The quantitative estimate of drug-likeness (QED) is 0.686. The molecule has 68 valence electrons.